The van der Waals surface area contributed by atoms with Crippen LogP contribution in [0.25, 0.3) is 0 Å². The first-order valence-electron chi connectivity index (χ1n) is 5.71. The summed E-state index contributed by atoms with van der Waals surface area (Å²) in [6.45, 7) is 5.81. The highest BCUT2D eigenvalue weighted by molar-refractivity contribution is 6.31. The molecular weight excluding hydrogens is 281 g/mol. The molecule has 7 heteroatoms. The van der Waals surface area contributed by atoms with Gasteiger partial charge in [0.05, 0.1) is 5.69 Å². The second-order valence-electron chi connectivity index (χ2n) is 2.86. The van der Waals surface area contributed by atoms with E-state index >= 15 is 0 Å². The molecule has 1 aromatic heterocycles. The maximum atomic E-state index is 12.1. The van der Waals surface area contributed by atoms with Crippen molar-refractivity contribution in [2.45, 2.75) is 33.4 Å². The van der Waals surface area contributed by atoms with Crippen molar-refractivity contribution in [2.75, 3.05) is 12.4 Å². The first kappa shape index (κ1) is 20.0. The summed E-state index contributed by atoms with van der Waals surface area (Å²) in [5.74, 6) is 0. The minimum atomic E-state index is -4.45. The van der Waals surface area contributed by atoms with Gasteiger partial charge in [0.2, 0.25) is 0 Å². The Morgan fingerprint density at radius 1 is 1.37 bits per heavy atom. The van der Waals surface area contributed by atoms with Crippen LogP contribution in [0.3, 0.4) is 0 Å². The van der Waals surface area contributed by atoms with Crippen molar-refractivity contribution in [1.29, 1.82) is 0 Å². The van der Waals surface area contributed by atoms with E-state index < -0.39 is 11.9 Å². The molecule has 0 unspecified atom stereocenters. The van der Waals surface area contributed by atoms with Gasteiger partial charge < -0.3 is 10.1 Å². The van der Waals surface area contributed by atoms with Gasteiger partial charge in [-0.1, -0.05) is 32.4 Å². The Morgan fingerprint density at radius 2 is 1.84 bits per heavy atom. The van der Waals surface area contributed by atoms with Gasteiger partial charge >= 0.3 is 6.18 Å². The maximum absolute atomic E-state index is 12.1. The lowest BCUT2D eigenvalue weighted by Crippen LogP contribution is -2.08. The van der Waals surface area contributed by atoms with Gasteiger partial charge in [0.25, 0.3) is 0 Å². The topological polar surface area (TPSA) is 42.0 Å². The van der Waals surface area contributed by atoms with E-state index in [0.29, 0.717) is 12.1 Å². The largest absolute Gasteiger partial charge is 0.433 e. The molecule has 0 fully saturated rings. The third kappa shape index (κ3) is 8.42. The van der Waals surface area contributed by atoms with Crippen molar-refractivity contribution < 1.29 is 18.0 Å². The number of hydrogen-bond donors (Lipinski definition) is 1. The Kier molecular flexibility index (Phi) is 11.2. The number of alkyl halides is 3. The summed E-state index contributed by atoms with van der Waals surface area (Å²) in [6.07, 6.45) is -2.93. The van der Waals surface area contributed by atoms with Crippen molar-refractivity contribution in [3.8, 4) is 0 Å². The van der Waals surface area contributed by atoms with E-state index in [9.17, 15) is 18.0 Å². The zero-order chi connectivity index (χ0) is 15.5. The zero-order valence-electron chi connectivity index (χ0n) is 11.3. The number of carbonyl (C=O) groups excluding carboxylic acids is 1. The van der Waals surface area contributed by atoms with Gasteiger partial charge in [-0.15, -0.1) is 0 Å². The molecule has 110 valence electrons. The molecular formula is C12H18ClF3N2O. The van der Waals surface area contributed by atoms with Crippen molar-refractivity contribution >= 4 is 23.6 Å². The van der Waals surface area contributed by atoms with Gasteiger partial charge in [0.15, 0.2) is 5.15 Å². The SMILES string of the molecule is CC.CCC=O.CNc1ccc(C(F)(F)F)nc1Cl. The number of pyridine rings is 1. The summed E-state index contributed by atoms with van der Waals surface area (Å²) in [5.41, 5.74) is -0.619. The van der Waals surface area contributed by atoms with Gasteiger partial charge in [-0.2, -0.15) is 13.2 Å². The summed E-state index contributed by atoms with van der Waals surface area (Å²) < 4.78 is 36.2. The molecule has 0 spiro atoms. The van der Waals surface area contributed by atoms with Crippen LogP contribution in [-0.4, -0.2) is 18.3 Å². The molecule has 0 bridgehead atoms. The molecule has 0 saturated carbocycles. The normalized spacial score (nSPS) is 9.47. The van der Waals surface area contributed by atoms with Gasteiger partial charge in [-0.3, -0.25) is 0 Å². The van der Waals surface area contributed by atoms with Crippen LogP contribution in [0.5, 0.6) is 0 Å². The first-order valence-corrected chi connectivity index (χ1v) is 6.09. The van der Waals surface area contributed by atoms with Crippen LogP contribution in [0.1, 0.15) is 32.9 Å². The molecule has 1 aromatic rings. The Labute approximate surface area is 116 Å². The molecule has 0 radical (unpaired) electrons. The first-order chi connectivity index (χ1) is 8.86. The standard InChI is InChI=1S/C7H6ClF3N2.C3H6O.C2H6/c1-12-4-2-3-5(7(9,10)11)13-6(4)8;1-2-3-4;1-2/h2-3,12H,1H3;3H,2H2,1H3;1-2H3. The van der Waals surface area contributed by atoms with Crippen LogP contribution in [-0.2, 0) is 11.0 Å². The number of anilines is 1. The molecule has 0 aromatic carbocycles. The van der Waals surface area contributed by atoms with Gasteiger partial charge in [0, 0.05) is 13.5 Å². The molecule has 1 rings (SSSR count). The lowest BCUT2D eigenvalue weighted by molar-refractivity contribution is -0.141. The van der Waals surface area contributed by atoms with Gasteiger partial charge in [-0.05, 0) is 12.1 Å². The summed E-state index contributed by atoms with van der Waals surface area (Å²) in [7, 11) is 1.55. The fraction of sp³-hybridized carbons (Fsp3) is 0.500. The Hall–Kier alpha value is -1.30. The maximum Gasteiger partial charge on any atom is 0.433 e. The molecule has 0 aliphatic carbocycles. The fourth-order valence-corrected chi connectivity index (χ4v) is 1.03. The highest BCUT2D eigenvalue weighted by Gasteiger charge is 2.32. The predicted octanol–water partition coefficient (Wildman–Crippen LogP) is 4.42. The number of rotatable bonds is 2. The Balaban J connectivity index is 0. The molecule has 0 atom stereocenters. The van der Waals surface area contributed by atoms with E-state index in [-0.39, 0.29) is 5.15 Å². The summed E-state index contributed by atoms with van der Waals surface area (Å²) >= 11 is 5.46. The van der Waals surface area contributed by atoms with Crippen LogP contribution in [0.15, 0.2) is 12.1 Å². The summed E-state index contributed by atoms with van der Waals surface area (Å²) in [4.78, 5) is 12.4. The lowest BCUT2D eigenvalue weighted by atomic mass is 10.3. The minimum absolute atomic E-state index is 0.183. The van der Waals surface area contributed by atoms with E-state index in [4.69, 9.17) is 11.6 Å². The predicted molar refractivity (Wildman–Crippen MR) is 71.5 cm³/mol. The average Bonchev–Trinajstić information content (AvgIpc) is 2.40. The van der Waals surface area contributed by atoms with Gasteiger partial charge in [0.1, 0.15) is 12.0 Å². The molecule has 19 heavy (non-hydrogen) atoms. The number of halogens is 4. The third-order valence-corrected chi connectivity index (χ3v) is 1.86. The number of nitrogens with one attached hydrogen (secondary N) is 1. The smallest absolute Gasteiger partial charge is 0.386 e. The second-order valence-corrected chi connectivity index (χ2v) is 3.22. The van der Waals surface area contributed by atoms with E-state index in [0.717, 1.165) is 12.4 Å². The zero-order valence-corrected chi connectivity index (χ0v) is 12.1. The summed E-state index contributed by atoms with van der Waals surface area (Å²) in [6, 6.07) is 2.11. The number of carbonyl (C=O) groups is 1. The van der Waals surface area contributed by atoms with E-state index in [1.807, 2.05) is 20.8 Å². The number of aromatic nitrogens is 1. The number of hydrogen-bond acceptors (Lipinski definition) is 3. The van der Waals surface area contributed by atoms with Crippen molar-refractivity contribution in [1.82, 2.24) is 4.98 Å². The molecule has 0 aliphatic rings. The second kappa shape index (κ2) is 10.6. The molecule has 0 amide bonds. The van der Waals surface area contributed by atoms with Crippen LogP contribution in [0, 0.1) is 0 Å². The van der Waals surface area contributed by atoms with Crippen LogP contribution < -0.4 is 5.32 Å². The Bertz CT molecular complexity index is 370. The molecule has 0 saturated heterocycles. The highest BCUT2D eigenvalue weighted by atomic mass is 35.5. The molecule has 1 N–H and O–H groups in total. The van der Waals surface area contributed by atoms with Gasteiger partial charge in [-0.25, -0.2) is 4.98 Å². The van der Waals surface area contributed by atoms with Crippen molar-refractivity contribution in [3.05, 3.63) is 23.0 Å². The molecule has 3 nitrogen and oxygen atoms in total. The highest BCUT2D eigenvalue weighted by Crippen LogP contribution is 2.30. The average molecular weight is 299 g/mol. The third-order valence-electron chi connectivity index (χ3n) is 1.58. The number of nitrogens with zero attached hydrogens (tertiary/aromatic N) is 1. The van der Waals surface area contributed by atoms with E-state index in [2.05, 4.69) is 10.3 Å². The molecule has 1 heterocycles. The fourth-order valence-electron chi connectivity index (χ4n) is 0.779. The minimum Gasteiger partial charge on any atom is -0.386 e. The number of aldehydes is 1. The van der Waals surface area contributed by atoms with Crippen LogP contribution in [0.2, 0.25) is 5.15 Å². The Morgan fingerprint density at radius 3 is 2.11 bits per heavy atom. The van der Waals surface area contributed by atoms with E-state index in [1.165, 1.54) is 6.07 Å². The van der Waals surface area contributed by atoms with Crippen molar-refractivity contribution in [3.63, 3.8) is 0 Å². The summed E-state index contributed by atoms with van der Waals surface area (Å²) in [5, 5.41) is 2.43. The monoisotopic (exact) mass is 298 g/mol. The van der Waals surface area contributed by atoms with Crippen LogP contribution >= 0.6 is 11.6 Å². The molecule has 0 aliphatic heterocycles. The van der Waals surface area contributed by atoms with Crippen molar-refractivity contribution in [2.24, 2.45) is 0 Å². The van der Waals surface area contributed by atoms with E-state index in [1.54, 1.807) is 7.05 Å². The lowest BCUT2D eigenvalue weighted by Gasteiger charge is -2.07. The van der Waals surface area contributed by atoms with Crippen LogP contribution in [0.4, 0.5) is 18.9 Å². The quantitative estimate of drug-likeness (QED) is 0.649.